The Morgan fingerprint density at radius 2 is 1.78 bits per heavy atom. The first kappa shape index (κ1) is 21.7. The van der Waals surface area contributed by atoms with E-state index >= 15 is 0 Å². The number of benzene rings is 2. The molecule has 2 aromatic carbocycles. The molecule has 10 heteroatoms. The number of nitro benzene ring substituents is 1. The second-order valence-electron chi connectivity index (χ2n) is 7.86. The van der Waals surface area contributed by atoms with Crippen LogP contribution < -0.4 is 9.62 Å². The van der Waals surface area contributed by atoms with Gasteiger partial charge in [0.25, 0.3) is 15.7 Å². The Kier molecular flexibility index (Phi) is 6.04. The van der Waals surface area contributed by atoms with Gasteiger partial charge < -0.3 is 4.90 Å². The van der Waals surface area contributed by atoms with Crippen LogP contribution in [0, 0.1) is 16.0 Å². The summed E-state index contributed by atoms with van der Waals surface area (Å²) in [5.41, 5.74) is 1.08. The Morgan fingerprint density at radius 3 is 2.47 bits per heavy atom. The van der Waals surface area contributed by atoms with E-state index in [1.807, 2.05) is 12.1 Å². The summed E-state index contributed by atoms with van der Waals surface area (Å²) in [5, 5.41) is 19.9. The van der Waals surface area contributed by atoms with E-state index in [1.165, 1.54) is 18.2 Å². The number of nitro groups is 1. The van der Waals surface area contributed by atoms with Gasteiger partial charge in [-0.2, -0.15) is 0 Å². The summed E-state index contributed by atoms with van der Waals surface area (Å²) in [5.74, 6) is 1.55. The number of para-hydroxylation sites is 1. The maximum atomic E-state index is 12.8. The average molecular weight is 454 g/mol. The smallest absolute Gasteiger partial charge is 0.289 e. The monoisotopic (exact) mass is 453 g/mol. The first-order chi connectivity index (χ1) is 15.3. The van der Waals surface area contributed by atoms with Crippen LogP contribution in [0.5, 0.6) is 0 Å². The third-order valence-corrected chi connectivity index (χ3v) is 6.95. The first-order valence-corrected chi connectivity index (χ1v) is 11.8. The van der Waals surface area contributed by atoms with Crippen molar-refractivity contribution in [3.8, 4) is 11.3 Å². The van der Waals surface area contributed by atoms with Gasteiger partial charge >= 0.3 is 0 Å². The van der Waals surface area contributed by atoms with Gasteiger partial charge in [-0.1, -0.05) is 31.2 Å². The van der Waals surface area contributed by atoms with Gasteiger partial charge in [0.15, 0.2) is 10.7 Å². The number of hydrogen-bond acceptors (Lipinski definition) is 7. The van der Waals surface area contributed by atoms with Gasteiger partial charge in [0.1, 0.15) is 0 Å². The van der Waals surface area contributed by atoms with Gasteiger partial charge in [-0.25, -0.2) is 8.42 Å². The Bertz CT molecular complexity index is 1220. The molecule has 1 N–H and O–H groups in total. The van der Waals surface area contributed by atoms with Gasteiger partial charge in [-0.05, 0) is 49.1 Å². The molecule has 0 atom stereocenters. The molecule has 9 nitrogen and oxygen atoms in total. The molecule has 1 aromatic heterocycles. The highest BCUT2D eigenvalue weighted by molar-refractivity contribution is 7.92. The average Bonchev–Trinajstić information content (AvgIpc) is 2.79. The largest absolute Gasteiger partial charge is 0.355 e. The van der Waals surface area contributed by atoms with Gasteiger partial charge in [-0.15, -0.1) is 10.2 Å². The molecule has 4 rings (SSSR count). The molecule has 0 bridgehead atoms. The minimum absolute atomic E-state index is 0.275. The minimum Gasteiger partial charge on any atom is -0.355 e. The lowest BCUT2D eigenvalue weighted by molar-refractivity contribution is -0.387. The van der Waals surface area contributed by atoms with Crippen molar-refractivity contribution in [1.82, 2.24) is 10.2 Å². The molecule has 166 valence electrons. The summed E-state index contributed by atoms with van der Waals surface area (Å²) in [6.07, 6.45) is 2.26. The Hall–Kier alpha value is -3.53. The Morgan fingerprint density at radius 1 is 1.03 bits per heavy atom. The third-order valence-electron chi connectivity index (χ3n) is 5.52. The highest BCUT2D eigenvalue weighted by Gasteiger charge is 2.25. The van der Waals surface area contributed by atoms with Crippen molar-refractivity contribution in [2.45, 2.75) is 24.7 Å². The lowest BCUT2D eigenvalue weighted by Crippen LogP contribution is -2.33. The zero-order valence-electron chi connectivity index (χ0n) is 17.5. The molecule has 32 heavy (non-hydrogen) atoms. The second kappa shape index (κ2) is 8.91. The van der Waals surface area contributed by atoms with Crippen molar-refractivity contribution in [2.24, 2.45) is 5.92 Å². The summed E-state index contributed by atoms with van der Waals surface area (Å²) < 4.78 is 28.0. The second-order valence-corrected chi connectivity index (χ2v) is 9.51. The van der Waals surface area contributed by atoms with E-state index in [0.29, 0.717) is 11.3 Å². The number of aromatic nitrogens is 2. The van der Waals surface area contributed by atoms with E-state index in [9.17, 15) is 18.5 Å². The maximum absolute atomic E-state index is 12.8. The normalized spacial score (nSPS) is 14.8. The van der Waals surface area contributed by atoms with Crippen LogP contribution in [0.1, 0.15) is 19.8 Å². The number of hydrogen-bond donors (Lipinski definition) is 1. The fourth-order valence-electron chi connectivity index (χ4n) is 3.67. The fourth-order valence-corrected chi connectivity index (χ4v) is 4.90. The predicted octanol–water partition coefficient (Wildman–Crippen LogP) is 4.09. The zero-order valence-corrected chi connectivity index (χ0v) is 18.3. The summed E-state index contributed by atoms with van der Waals surface area (Å²) >= 11 is 0. The van der Waals surface area contributed by atoms with Gasteiger partial charge in [0, 0.05) is 30.4 Å². The van der Waals surface area contributed by atoms with E-state index < -0.39 is 25.5 Å². The Balaban J connectivity index is 1.55. The van der Waals surface area contributed by atoms with E-state index in [-0.39, 0.29) is 5.69 Å². The SMILES string of the molecule is CC1CCN(c2ccc(-c3cccc(NS(=O)(=O)c4ccccc4[N+](=O)[O-])c3)nn2)CC1. The van der Waals surface area contributed by atoms with Crippen LogP contribution in [0.3, 0.4) is 0 Å². The van der Waals surface area contributed by atoms with Crippen LogP contribution in [0.4, 0.5) is 17.2 Å². The molecule has 1 saturated heterocycles. The Labute approximate surface area is 186 Å². The zero-order chi connectivity index (χ0) is 22.7. The van der Waals surface area contributed by atoms with Crippen LogP contribution in [0.2, 0.25) is 0 Å². The number of anilines is 2. The van der Waals surface area contributed by atoms with Crippen molar-refractivity contribution in [3.05, 3.63) is 70.8 Å². The maximum Gasteiger partial charge on any atom is 0.289 e. The molecule has 3 aromatic rings. The number of sulfonamides is 1. The molecule has 0 radical (unpaired) electrons. The van der Waals surface area contributed by atoms with Crippen molar-refractivity contribution >= 4 is 27.2 Å². The molecular formula is C22H23N5O4S. The van der Waals surface area contributed by atoms with E-state index in [4.69, 9.17) is 0 Å². The molecule has 1 aliphatic heterocycles. The third kappa shape index (κ3) is 4.70. The highest BCUT2D eigenvalue weighted by Crippen LogP contribution is 2.28. The summed E-state index contributed by atoms with van der Waals surface area (Å²) in [4.78, 5) is 12.3. The van der Waals surface area contributed by atoms with Gasteiger partial charge in [0.05, 0.1) is 10.6 Å². The lowest BCUT2D eigenvalue weighted by atomic mass is 9.99. The topological polar surface area (TPSA) is 118 Å². The number of rotatable bonds is 6. The highest BCUT2D eigenvalue weighted by atomic mass is 32.2. The standard InChI is InChI=1S/C22H23N5O4S/c1-16-11-13-26(14-12-16)22-10-9-19(23-24-22)17-5-4-6-18(15-17)25-32(30,31)21-8-3-2-7-20(21)27(28)29/h2-10,15-16,25H,11-14H2,1H3. The molecule has 0 saturated carbocycles. The number of piperidine rings is 1. The van der Waals surface area contributed by atoms with E-state index in [2.05, 4.69) is 26.7 Å². The molecule has 1 fully saturated rings. The lowest BCUT2D eigenvalue weighted by Gasteiger charge is -2.30. The molecule has 0 amide bonds. The summed E-state index contributed by atoms with van der Waals surface area (Å²) in [7, 11) is -4.15. The van der Waals surface area contributed by atoms with Crippen LogP contribution >= 0.6 is 0 Å². The fraction of sp³-hybridized carbons (Fsp3) is 0.273. The van der Waals surface area contributed by atoms with Crippen LogP contribution in [0.25, 0.3) is 11.3 Å². The molecule has 0 unspecified atom stereocenters. The van der Waals surface area contributed by atoms with Gasteiger partial charge in [0.2, 0.25) is 0 Å². The van der Waals surface area contributed by atoms with Crippen molar-refractivity contribution in [2.75, 3.05) is 22.7 Å². The van der Waals surface area contributed by atoms with E-state index in [0.717, 1.165) is 43.7 Å². The number of nitrogens with zero attached hydrogens (tertiary/aromatic N) is 4. The van der Waals surface area contributed by atoms with Crippen LogP contribution in [-0.2, 0) is 10.0 Å². The molecule has 2 heterocycles. The van der Waals surface area contributed by atoms with Gasteiger partial charge in [-0.3, -0.25) is 14.8 Å². The quantitative estimate of drug-likeness (QED) is 0.441. The molecule has 1 aliphatic rings. The summed E-state index contributed by atoms with van der Waals surface area (Å²) in [6, 6.07) is 15.7. The van der Waals surface area contributed by atoms with Crippen LogP contribution in [0.15, 0.2) is 65.6 Å². The van der Waals surface area contributed by atoms with Crippen LogP contribution in [-0.4, -0.2) is 36.6 Å². The predicted molar refractivity (Wildman–Crippen MR) is 122 cm³/mol. The first-order valence-electron chi connectivity index (χ1n) is 10.3. The minimum atomic E-state index is -4.15. The van der Waals surface area contributed by atoms with Crippen molar-refractivity contribution in [1.29, 1.82) is 0 Å². The molecule has 0 spiro atoms. The van der Waals surface area contributed by atoms with Crippen molar-refractivity contribution < 1.29 is 13.3 Å². The summed E-state index contributed by atoms with van der Waals surface area (Å²) in [6.45, 7) is 4.17. The molecular weight excluding hydrogens is 430 g/mol. The van der Waals surface area contributed by atoms with Crippen molar-refractivity contribution in [3.63, 3.8) is 0 Å². The molecule has 0 aliphatic carbocycles. The van der Waals surface area contributed by atoms with E-state index in [1.54, 1.807) is 24.3 Å². The number of nitrogens with one attached hydrogen (secondary N) is 1.